The molecule has 0 bridgehead atoms. The van der Waals surface area contributed by atoms with E-state index in [4.69, 9.17) is 9.47 Å². The second-order valence-corrected chi connectivity index (χ2v) is 5.69. The van der Waals surface area contributed by atoms with Crippen molar-refractivity contribution in [3.63, 3.8) is 0 Å². The van der Waals surface area contributed by atoms with Crippen molar-refractivity contribution in [3.8, 4) is 11.5 Å². The van der Waals surface area contributed by atoms with Crippen LogP contribution in [0.25, 0.3) is 0 Å². The predicted octanol–water partition coefficient (Wildman–Crippen LogP) is 3.55. The molecule has 0 saturated heterocycles. The molecule has 138 valence electrons. The smallest absolute Gasteiger partial charge is 0.257 e. The van der Waals surface area contributed by atoms with Gasteiger partial charge in [0.05, 0.1) is 12.1 Å². The summed E-state index contributed by atoms with van der Waals surface area (Å²) >= 11 is 0. The van der Waals surface area contributed by atoms with Gasteiger partial charge >= 0.3 is 0 Å². The Morgan fingerprint density at radius 1 is 1.12 bits per heavy atom. The van der Waals surface area contributed by atoms with Crippen LogP contribution in [0.5, 0.6) is 11.5 Å². The van der Waals surface area contributed by atoms with Crippen molar-refractivity contribution in [1.29, 1.82) is 0 Å². The van der Waals surface area contributed by atoms with Crippen molar-refractivity contribution in [1.82, 2.24) is 4.90 Å². The highest BCUT2D eigenvalue weighted by Crippen LogP contribution is 2.31. The summed E-state index contributed by atoms with van der Waals surface area (Å²) in [5, 5.41) is 0. The lowest BCUT2D eigenvalue weighted by molar-refractivity contribution is 0.0471. The van der Waals surface area contributed by atoms with Crippen LogP contribution in [0.15, 0.2) is 30.3 Å². The normalized spacial score (nSPS) is 15.7. The van der Waals surface area contributed by atoms with Gasteiger partial charge in [0.25, 0.3) is 5.91 Å². The van der Waals surface area contributed by atoms with E-state index in [0.717, 1.165) is 4.90 Å². The number of carbonyl (C=O) groups excluding carboxylic acids is 1. The fourth-order valence-corrected chi connectivity index (χ4v) is 2.65. The number of nitrogens with zero attached hydrogens (tertiary/aromatic N) is 1. The zero-order valence-corrected chi connectivity index (χ0v) is 13.8. The van der Waals surface area contributed by atoms with E-state index in [9.17, 15) is 22.4 Å². The molecule has 0 spiro atoms. The summed E-state index contributed by atoms with van der Waals surface area (Å²) in [5.74, 6) is -7.24. The summed E-state index contributed by atoms with van der Waals surface area (Å²) in [6.45, 7) is 1.89. The highest BCUT2D eigenvalue weighted by Gasteiger charge is 2.29. The highest BCUT2D eigenvalue weighted by molar-refractivity contribution is 5.94. The SMILES string of the molecule is CCN(CC1COc2ccccc2O1)C(=O)c1cc(F)c(F)c(F)c1F. The van der Waals surface area contributed by atoms with E-state index in [1.165, 1.54) is 0 Å². The molecular weight excluding hydrogens is 354 g/mol. The molecule has 0 radical (unpaired) electrons. The van der Waals surface area contributed by atoms with E-state index >= 15 is 0 Å². The minimum Gasteiger partial charge on any atom is -0.486 e. The first-order valence-corrected chi connectivity index (χ1v) is 7.93. The Bertz CT molecular complexity index is 843. The van der Waals surface area contributed by atoms with Gasteiger partial charge in [-0.25, -0.2) is 17.6 Å². The summed E-state index contributed by atoms with van der Waals surface area (Å²) in [6.07, 6.45) is -0.549. The molecule has 0 N–H and O–H groups in total. The molecule has 0 aliphatic carbocycles. The van der Waals surface area contributed by atoms with Crippen LogP contribution < -0.4 is 9.47 Å². The first-order valence-electron chi connectivity index (χ1n) is 7.93. The summed E-state index contributed by atoms with van der Waals surface area (Å²) < 4.78 is 65.0. The van der Waals surface area contributed by atoms with Crippen molar-refractivity contribution in [2.75, 3.05) is 19.7 Å². The Morgan fingerprint density at radius 2 is 1.81 bits per heavy atom. The van der Waals surface area contributed by atoms with Crippen molar-refractivity contribution in [2.45, 2.75) is 13.0 Å². The van der Waals surface area contributed by atoms with E-state index in [1.54, 1.807) is 31.2 Å². The van der Waals surface area contributed by atoms with Crippen LogP contribution in [-0.2, 0) is 0 Å². The predicted molar refractivity (Wildman–Crippen MR) is 84.2 cm³/mol. The number of rotatable bonds is 4. The van der Waals surface area contributed by atoms with Crippen LogP contribution in [0, 0.1) is 23.3 Å². The van der Waals surface area contributed by atoms with E-state index in [2.05, 4.69) is 0 Å². The molecule has 2 aromatic carbocycles. The number of fused-ring (bicyclic) bond motifs is 1. The molecule has 3 rings (SSSR count). The third-order valence-corrected chi connectivity index (χ3v) is 3.99. The fraction of sp³-hybridized carbons (Fsp3) is 0.278. The van der Waals surface area contributed by atoms with Crippen molar-refractivity contribution in [3.05, 3.63) is 59.2 Å². The molecule has 2 aromatic rings. The van der Waals surface area contributed by atoms with Crippen LogP contribution in [0.3, 0.4) is 0 Å². The van der Waals surface area contributed by atoms with Crippen molar-refractivity contribution < 1.29 is 31.8 Å². The van der Waals surface area contributed by atoms with Gasteiger partial charge < -0.3 is 14.4 Å². The average molecular weight is 369 g/mol. The van der Waals surface area contributed by atoms with Crippen molar-refractivity contribution >= 4 is 5.91 Å². The standard InChI is InChI=1S/C18H15F4NO3/c1-2-23(8-10-9-25-13-5-3-4-6-14(13)26-10)18(24)11-7-12(19)16(21)17(22)15(11)20/h3-7,10H,2,8-9H2,1H3. The Morgan fingerprint density at radius 3 is 2.50 bits per heavy atom. The van der Waals surface area contributed by atoms with Gasteiger partial charge in [-0.05, 0) is 25.1 Å². The average Bonchev–Trinajstić information content (AvgIpc) is 2.66. The zero-order valence-electron chi connectivity index (χ0n) is 13.8. The number of likely N-dealkylation sites (N-methyl/N-ethyl adjacent to an activating group) is 1. The molecule has 1 atom stereocenters. The second kappa shape index (κ2) is 7.23. The molecule has 0 saturated carbocycles. The lowest BCUT2D eigenvalue weighted by Crippen LogP contribution is -2.44. The molecular formula is C18H15F4NO3. The number of ether oxygens (including phenoxy) is 2. The monoisotopic (exact) mass is 369 g/mol. The third kappa shape index (κ3) is 3.31. The lowest BCUT2D eigenvalue weighted by Gasteiger charge is -2.31. The van der Waals surface area contributed by atoms with Gasteiger partial charge in [0, 0.05) is 6.54 Å². The number of carbonyl (C=O) groups is 1. The van der Waals surface area contributed by atoms with Crippen LogP contribution in [0.1, 0.15) is 17.3 Å². The van der Waals surface area contributed by atoms with Gasteiger partial charge in [0.15, 0.2) is 40.9 Å². The molecule has 26 heavy (non-hydrogen) atoms. The summed E-state index contributed by atoms with van der Waals surface area (Å²) in [7, 11) is 0. The number of benzene rings is 2. The Kier molecular flexibility index (Phi) is 5.01. The molecule has 1 amide bonds. The molecule has 0 aromatic heterocycles. The molecule has 1 aliphatic rings. The van der Waals surface area contributed by atoms with E-state index in [-0.39, 0.29) is 19.7 Å². The van der Waals surface area contributed by atoms with Crippen LogP contribution in [-0.4, -0.2) is 36.6 Å². The fourth-order valence-electron chi connectivity index (χ4n) is 2.65. The Balaban J connectivity index is 1.79. The van der Waals surface area contributed by atoms with Crippen LogP contribution in [0.4, 0.5) is 17.6 Å². The van der Waals surface area contributed by atoms with Gasteiger partial charge in [0.2, 0.25) is 0 Å². The summed E-state index contributed by atoms with van der Waals surface area (Å²) in [5.41, 5.74) is -0.875. The quantitative estimate of drug-likeness (QED) is 0.470. The largest absolute Gasteiger partial charge is 0.486 e. The summed E-state index contributed by atoms with van der Waals surface area (Å²) in [4.78, 5) is 13.6. The zero-order chi connectivity index (χ0) is 18.8. The van der Waals surface area contributed by atoms with Gasteiger partial charge in [-0.1, -0.05) is 12.1 Å². The molecule has 0 fully saturated rings. The maximum Gasteiger partial charge on any atom is 0.257 e. The van der Waals surface area contributed by atoms with E-state index in [1.807, 2.05) is 0 Å². The number of hydrogen-bond donors (Lipinski definition) is 0. The van der Waals surface area contributed by atoms with Gasteiger partial charge in [-0.15, -0.1) is 0 Å². The topological polar surface area (TPSA) is 38.8 Å². The maximum absolute atomic E-state index is 13.9. The van der Waals surface area contributed by atoms with E-state index < -0.39 is 40.8 Å². The minimum absolute atomic E-state index is 0.00369. The molecule has 8 heteroatoms. The molecule has 4 nitrogen and oxygen atoms in total. The molecule has 1 heterocycles. The number of para-hydroxylation sites is 2. The minimum atomic E-state index is -2.02. The van der Waals surface area contributed by atoms with Gasteiger partial charge in [0.1, 0.15) is 6.61 Å². The number of amides is 1. The lowest BCUT2D eigenvalue weighted by atomic mass is 10.1. The Hall–Kier alpha value is -2.77. The first-order chi connectivity index (χ1) is 12.4. The maximum atomic E-state index is 13.9. The first kappa shape index (κ1) is 18.0. The molecule has 1 aliphatic heterocycles. The van der Waals surface area contributed by atoms with Crippen LogP contribution in [0.2, 0.25) is 0 Å². The number of hydrogen-bond acceptors (Lipinski definition) is 3. The highest BCUT2D eigenvalue weighted by atomic mass is 19.2. The van der Waals surface area contributed by atoms with Gasteiger partial charge in [-0.3, -0.25) is 4.79 Å². The second-order valence-electron chi connectivity index (χ2n) is 5.69. The van der Waals surface area contributed by atoms with Crippen molar-refractivity contribution in [2.24, 2.45) is 0 Å². The molecule has 1 unspecified atom stereocenters. The third-order valence-electron chi connectivity index (χ3n) is 3.99. The van der Waals surface area contributed by atoms with E-state index in [0.29, 0.717) is 17.6 Å². The van der Waals surface area contributed by atoms with Gasteiger partial charge in [-0.2, -0.15) is 0 Å². The summed E-state index contributed by atoms with van der Waals surface area (Å²) in [6, 6.07) is 7.32. The number of halogens is 4. The Labute approximate surface area is 146 Å². The van der Waals surface area contributed by atoms with Crippen LogP contribution >= 0.6 is 0 Å².